The van der Waals surface area contributed by atoms with Crippen molar-refractivity contribution in [3.8, 4) is 29.1 Å². The van der Waals surface area contributed by atoms with Crippen molar-refractivity contribution < 1.29 is 20.4 Å². The van der Waals surface area contributed by atoms with Crippen LogP contribution in [0.15, 0.2) is 0 Å². The van der Waals surface area contributed by atoms with E-state index in [1.165, 1.54) is 6.07 Å². The molecule has 0 saturated carbocycles. The van der Waals surface area contributed by atoms with Crippen molar-refractivity contribution in [2.24, 2.45) is 0 Å². The van der Waals surface area contributed by atoms with E-state index >= 15 is 0 Å². The molecule has 0 heterocycles. The average molecular weight is 177 g/mol. The van der Waals surface area contributed by atoms with Crippen molar-refractivity contribution in [1.29, 1.82) is 5.26 Å². The Morgan fingerprint density at radius 2 is 1.38 bits per heavy atom. The van der Waals surface area contributed by atoms with E-state index in [9.17, 15) is 0 Å². The van der Waals surface area contributed by atoms with E-state index in [2.05, 4.69) is 0 Å². The van der Waals surface area contributed by atoms with Crippen molar-refractivity contribution in [2.45, 2.75) is 0 Å². The zero-order valence-electron chi connectivity index (χ0n) is 6.31. The molecule has 2 radical (unpaired) electrons. The van der Waals surface area contributed by atoms with Gasteiger partial charge in [0.1, 0.15) is 13.9 Å². The van der Waals surface area contributed by atoms with Crippen LogP contribution >= 0.6 is 0 Å². The van der Waals surface area contributed by atoms with Crippen LogP contribution in [0, 0.1) is 11.3 Å². The molecule has 1 rings (SSSR count). The number of rotatable bonds is 0. The van der Waals surface area contributed by atoms with Crippen LogP contribution in [0.4, 0.5) is 0 Å². The average Bonchev–Trinajstić information content (AvgIpc) is 2.13. The fourth-order valence-corrected chi connectivity index (χ4v) is 0.829. The minimum absolute atomic E-state index is 0.477. The molecule has 1 aromatic rings. The van der Waals surface area contributed by atoms with Crippen molar-refractivity contribution in [1.82, 2.24) is 0 Å². The lowest BCUT2D eigenvalue weighted by molar-refractivity contribution is 0.347. The molecule has 0 spiro atoms. The van der Waals surface area contributed by atoms with Crippen LogP contribution in [0.1, 0.15) is 5.56 Å². The Balaban J connectivity index is 3.69. The molecule has 0 unspecified atom stereocenters. The SMILES string of the molecule is [B]c1c(O)c(O)c(O)c(O)c1C#N. The standard InChI is InChI=1S/C7H4BNO4/c8-3-2(1-9)4(10)6(12)7(13)5(3)11/h10-13H. The first-order valence-electron chi connectivity index (χ1n) is 3.16. The van der Waals surface area contributed by atoms with Crippen molar-refractivity contribution in [2.75, 3.05) is 0 Å². The lowest BCUT2D eigenvalue weighted by atomic mass is 9.88. The molecule has 13 heavy (non-hydrogen) atoms. The van der Waals surface area contributed by atoms with Gasteiger partial charge in [-0.1, -0.05) is 0 Å². The van der Waals surface area contributed by atoms with Gasteiger partial charge in [-0.15, -0.1) is 0 Å². The highest BCUT2D eigenvalue weighted by atomic mass is 16.3. The van der Waals surface area contributed by atoms with E-state index in [-0.39, 0.29) is 0 Å². The summed E-state index contributed by atoms with van der Waals surface area (Å²) in [5.41, 5.74) is -0.955. The monoisotopic (exact) mass is 177 g/mol. The number of hydrogen-bond acceptors (Lipinski definition) is 5. The molecule has 4 N–H and O–H groups in total. The molecular formula is C7H4BNO4. The molecule has 0 aliphatic rings. The summed E-state index contributed by atoms with van der Waals surface area (Å²) >= 11 is 0. The van der Waals surface area contributed by atoms with Crippen LogP contribution in [-0.4, -0.2) is 28.3 Å². The highest BCUT2D eigenvalue weighted by Crippen LogP contribution is 2.41. The molecule has 64 valence electrons. The van der Waals surface area contributed by atoms with Gasteiger partial charge in [0.15, 0.2) is 11.5 Å². The van der Waals surface area contributed by atoms with Gasteiger partial charge >= 0.3 is 0 Å². The second kappa shape index (κ2) is 2.79. The predicted molar refractivity (Wildman–Crippen MR) is 43.2 cm³/mol. The third kappa shape index (κ3) is 1.10. The Morgan fingerprint density at radius 3 is 1.85 bits per heavy atom. The number of phenols is 4. The van der Waals surface area contributed by atoms with Crippen molar-refractivity contribution in [3.05, 3.63) is 5.56 Å². The highest BCUT2D eigenvalue weighted by Gasteiger charge is 2.19. The normalized spacial score (nSPS) is 9.46. The lowest BCUT2D eigenvalue weighted by Gasteiger charge is -2.08. The Morgan fingerprint density at radius 1 is 0.923 bits per heavy atom. The number of nitriles is 1. The third-order valence-electron chi connectivity index (χ3n) is 1.55. The molecule has 0 fully saturated rings. The third-order valence-corrected chi connectivity index (χ3v) is 1.55. The Bertz CT molecular complexity index is 381. The molecule has 0 aliphatic carbocycles. The zero-order valence-corrected chi connectivity index (χ0v) is 6.31. The Kier molecular flexibility index (Phi) is 1.94. The van der Waals surface area contributed by atoms with Crippen LogP contribution < -0.4 is 5.46 Å². The van der Waals surface area contributed by atoms with Gasteiger partial charge < -0.3 is 20.4 Å². The number of aromatic hydroxyl groups is 4. The number of benzene rings is 1. The van der Waals surface area contributed by atoms with Crippen molar-refractivity contribution in [3.63, 3.8) is 0 Å². The second-order valence-electron chi connectivity index (χ2n) is 2.29. The van der Waals surface area contributed by atoms with Gasteiger partial charge in [0.25, 0.3) is 0 Å². The first-order chi connectivity index (χ1) is 6.00. The fraction of sp³-hybridized carbons (Fsp3) is 0. The number of hydrogen-bond donors (Lipinski definition) is 4. The summed E-state index contributed by atoms with van der Waals surface area (Å²) in [5.74, 6) is -3.60. The van der Waals surface area contributed by atoms with E-state index in [4.69, 9.17) is 33.5 Å². The van der Waals surface area contributed by atoms with E-state index < -0.39 is 34.0 Å². The maximum absolute atomic E-state index is 9.06. The molecule has 0 atom stereocenters. The van der Waals surface area contributed by atoms with Crippen LogP contribution in [-0.2, 0) is 0 Å². The molecule has 0 amide bonds. The van der Waals surface area contributed by atoms with Gasteiger partial charge in [-0.05, 0) is 5.46 Å². The molecule has 1 aromatic carbocycles. The van der Waals surface area contributed by atoms with Gasteiger partial charge in [-0.3, -0.25) is 0 Å². The molecule has 0 aliphatic heterocycles. The summed E-state index contributed by atoms with van der Waals surface area (Å²) in [6.45, 7) is 0. The molecule has 5 nitrogen and oxygen atoms in total. The van der Waals surface area contributed by atoms with E-state index in [1.54, 1.807) is 0 Å². The summed E-state index contributed by atoms with van der Waals surface area (Å²) in [5, 5.41) is 44.4. The number of nitrogens with zero attached hydrogens (tertiary/aromatic N) is 1. The minimum Gasteiger partial charge on any atom is -0.505 e. The fourth-order valence-electron chi connectivity index (χ4n) is 0.829. The predicted octanol–water partition coefficient (Wildman–Crippen LogP) is -0.826. The van der Waals surface area contributed by atoms with Crippen LogP contribution in [0.3, 0.4) is 0 Å². The Hall–Kier alpha value is -2.03. The van der Waals surface area contributed by atoms with E-state index in [0.717, 1.165) is 0 Å². The first-order valence-corrected chi connectivity index (χ1v) is 3.16. The van der Waals surface area contributed by atoms with E-state index in [0.29, 0.717) is 0 Å². The van der Waals surface area contributed by atoms with Gasteiger partial charge in [0.2, 0.25) is 11.5 Å². The molecular weight excluding hydrogens is 173 g/mol. The van der Waals surface area contributed by atoms with E-state index in [1.807, 2.05) is 0 Å². The topological polar surface area (TPSA) is 105 Å². The lowest BCUT2D eigenvalue weighted by Crippen LogP contribution is -2.08. The van der Waals surface area contributed by atoms with Crippen LogP contribution in [0.5, 0.6) is 23.0 Å². The van der Waals surface area contributed by atoms with Gasteiger partial charge in [0.05, 0.1) is 5.56 Å². The number of phenolic OH excluding ortho intramolecular Hbond substituents is 4. The molecule has 0 aromatic heterocycles. The highest BCUT2D eigenvalue weighted by molar-refractivity contribution is 6.36. The van der Waals surface area contributed by atoms with Crippen molar-refractivity contribution >= 4 is 13.3 Å². The summed E-state index contributed by atoms with van der Waals surface area (Å²) in [4.78, 5) is 0. The molecule has 0 bridgehead atoms. The summed E-state index contributed by atoms with van der Waals surface area (Å²) in [7, 11) is 5.16. The summed E-state index contributed by atoms with van der Waals surface area (Å²) in [6, 6.07) is 1.47. The quantitative estimate of drug-likeness (QED) is 0.235. The Labute approximate surface area is 74.5 Å². The van der Waals surface area contributed by atoms with Gasteiger partial charge in [-0.2, -0.15) is 5.26 Å². The maximum Gasteiger partial charge on any atom is 0.205 e. The van der Waals surface area contributed by atoms with Gasteiger partial charge in [-0.25, -0.2) is 0 Å². The molecule has 0 saturated heterocycles. The first kappa shape index (κ1) is 9.07. The smallest absolute Gasteiger partial charge is 0.205 e. The van der Waals surface area contributed by atoms with Crippen LogP contribution in [0.2, 0.25) is 0 Å². The summed E-state index contributed by atoms with van der Waals surface area (Å²) in [6.07, 6.45) is 0. The molecule has 6 heteroatoms. The van der Waals surface area contributed by atoms with Gasteiger partial charge in [0, 0.05) is 0 Å². The summed E-state index contributed by atoms with van der Waals surface area (Å²) < 4.78 is 0. The largest absolute Gasteiger partial charge is 0.505 e. The minimum atomic E-state index is -0.969. The van der Waals surface area contributed by atoms with Crippen LogP contribution in [0.25, 0.3) is 0 Å². The maximum atomic E-state index is 9.06. The second-order valence-corrected chi connectivity index (χ2v) is 2.29. The zero-order chi connectivity index (χ0) is 10.2.